The van der Waals surface area contributed by atoms with Crippen molar-refractivity contribution in [1.82, 2.24) is 4.98 Å². The molecule has 0 spiro atoms. The molecule has 9 nitrogen and oxygen atoms in total. The smallest absolute Gasteiger partial charge is 0.330 e. The first kappa shape index (κ1) is 45.7. The van der Waals surface area contributed by atoms with Crippen LogP contribution in [0.15, 0.2) is 84.5 Å². The number of fused-ring (bicyclic) bond motifs is 1. The molecule has 0 radical (unpaired) electrons. The Morgan fingerprint density at radius 1 is 0.803 bits per heavy atom. The second-order valence-corrected chi connectivity index (χ2v) is 17.9. The largest absolute Gasteiger partial charge is 0.463 e. The molecule has 2 fully saturated rings. The van der Waals surface area contributed by atoms with Crippen molar-refractivity contribution in [3.63, 3.8) is 0 Å². The summed E-state index contributed by atoms with van der Waals surface area (Å²) in [7, 11) is 0. The van der Waals surface area contributed by atoms with E-state index in [9.17, 15) is 14.4 Å². The molecule has 2 aliphatic carbocycles. The first-order valence-corrected chi connectivity index (χ1v) is 23.8. The van der Waals surface area contributed by atoms with E-state index in [2.05, 4.69) is 38.6 Å². The maximum absolute atomic E-state index is 13.8. The van der Waals surface area contributed by atoms with Crippen LogP contribution < -0.4 is 14.5 Å². The van der Waals surface area contributed by atoms with Gasteiger partial charge in [-0.3, -0.25) is 9.59 Å². The topological polar surface area (TPSA) is 107 Å². The van der Waals surface area contributed by atoms with E-state index in [-0.39, 0.29) is 23.8 Å². The number of unbranched alkanes of at least 4 members (excludes halogenated alkanes) is 5. The van der Waals surface area contributed by atoms with Gasteiger partial charge in [-0.25, -0.2) is 14.8 Å². The number of hydrazone groups is 1. The Labute approximate surface area is 367 Å². The quantitative estimate of drug-likeness (QED) is 0.0192. The van der Waals surface area contributed by atoms with Gasteiger partial charge in [-0.2, -0.15) is 5.10 Å². The molecule has 2 saturated carbocycles. The van der Waals surface area contributed by atoms with Crippen LogP contribution in [-0.2, 0) is 25.5 Å². The molecule has 0 N–H and O–H groups in total. The van der Waals surface area contributed by atoms with Crippen LogP contribution in [0, 0.1) is 17.8 Å². The van der Waals surface area contributed by atoms with E-state index in [1.54, 1.807) is 11.3 Å². The summed E-state index contributed by atoms with van der Waals surface area (Å²) in [4.78, 5) is 43.3. The van der Waals surface area contributed by atoms with Gasteiger partial charge in [0.2, 0.25) is 5.13 Å². The molecule has 61 heavy (non-hydrogen) atoms. The molecule has 0 amide bonds. The third-order valence-electron chi connectivity index (χ3n) is 12.4. The van der Waals surface area contributed by atoms with Crippen molar-refractivity contribution in [2.75, 3.05) is 18.2 Å². The molecule has 0 saturated heterocycles. The minimum Gasteiger partial charge on any atom is -0.463 e. The molecule has 3 aromatic carbocycles. The van der Waals surface area contributed by atoms with Gasteiger partial charge in [0, 0.05) is 18.2 Å². The standard InChI is InChI=1S/C51H65N3O6S/c1-4-7-10-16-38-21-30-44(31-22-38)59-49(56)40-25-27-41(28-26-40)50(57)60-46-32-29-42(39-23-19-37(15-5-2)20-24-39)35-43(46)36-52-54(33-13-8-9-14-34-58-48(55)6-3)51-53-45-17-11-12-18-47(45)61-51/h6,11-12,17-18,21-22,29-32,35-37,39-41H,3-5,7-10,13-16,19-20,23-28,33-34H2,1-2H3/b52-36+. The van der Waals surface area contributed by atoms with Gasteiger partial charge in [-0.1, -0.05) is 94.2 Å². The Bertz CT molecular complexity index is 2010. The van der Waals surface area contributed by atoms with Gasteiger partial charge in [0.1, 0.15) is 11.5 Å². The zero-order chi connectivity index (χ0) is 42.8. The fourth-order valence-corrected chi connectivity index (χ4v) is 9.67. The number of nitrogens with zero attached hydrogens (tertiary/aromatic N) is 3. The second kappa shape index (κ2) is 24.0. The zero-order valence-electron chi connectivity index (χ0n) is 36.4. The van der Waals surface area contributed by atoms with Crippen molar-refractivity contribution in [1.29, 1.82) is 0 Å². The number of aromatic nitrogens is 1. The zero-order valence-corrected chi connectivity index (χ0v) is 37.2. The van der Waals surface area contributed by atoms with Crippen LogP contribution in [0.2, 0.25) is 0 Å². The summed E-state index contributed by atoms with van der Waals surface area (Å²) >= 11 is 1.60. The number of ether oxygens (including phenoxy) is 3. The summed E-state index contributed by atoms with van der Waals surface area (Å²) in [5.74, 6) is 0.887. The number of benzene rings is 3. The van der Waals surface area contributed by atoms with Crippen LogP contribution in [-0.4, -0.2) is 42.3 Å². The highest BCUT2D eigenvalue weighted by Gasteiger charge is 2.33. The summed E-state index contributed by atoms with van der Waals surface area (Å²) < 4.78 is 18.3. The van der Waals surface area contributed by atoms with Crippen LogP contribution in [0.5, 0.6) is 11.5 Å². The van der Waals surface area contributed by atoms with Gasteiger partial charge in [0.25, 0.3) is 0 Å². The van der Waals surface area contributed by atoms with Crippen LogP contribution in [0.25, 0.3) is 10.2 Å². The number of aryl methyl sites for hydroxylation is 1. The summed E-state index contributed by atoms with van der Waals surface area (Å²) in [6.45, 7) is 8.96. The van der Waals surface area contributed by atoms with Crippen molar-refractivity contribution < 1.29 is 28.6 Å². The molecule has 2 aliphatic rings. The third-order valence-corrected chi connectivity index (χ3v) is 13.4. The predicted octanol–water partition coefficient (Wildman–Crippen LogP) is 12.6. The molecule has 0 aliphatic heterocycles. The summed E-state index contributed by atoms with van der Waals surface area (Å²) in [6.07, 6.45) is 20.7. The number of carbonyl (C=O) groups is 3. The van der Waals surface area contributed by atoms with E-state index in [0.29, 0.717) is 56.3 Å². The molecule has 10 heteroatoms. The number of carbonyl (C=O) groups excluding carboxylic acids is 3. The molecule has 1 heterocycles. The van der Waals surface area contributed by atoms with Crippen molar-refractivity contribution in [3.05, 3.63) is 96.1 Å². The van der Waals surface area contributed by atoms with Crippen LogP contribution in [0.3, 0.4) is 0 Å². The SMILES string of the molecule is C=CC(=O)OCCCCCCN(/N=C/c1cc(C2CCC(CCC)CC2)ccc1OC(=O)C1CCC(C(=O)Oc2ccc(CCCCC)cc2)CC1)c1nc2ccccc2s1. The Kier molecular flexibility index (Phi) is 18.0. The highest BCUT2D eigenvalue weighted by atomic mass is 32.1. The lowest BCUT2D eigenvalue weighted by Crippen LogP contribution is -2.30. The summed E-state index contributed by atoms with van der Waals surface area (Å²) in [5.41, 5.74) is 4.21. The highest BCUT2D eigenvalue weighted by Crippen LogP contribution is 2.39. The molecule has 4 aromatic rings. The summed E-state index contributed by atoms with van der Waals surface area (Å²) in [5, 5.41) is 7.81. The Hall–Kier alpha value is -4.83. The Balaban J connectivity index is 1.13. The van der Waals surface area contributed by atoms with E-state index in [1.807, 2.05) is 59.8 Å². The average molecular weight is 848 g/mol. The van der Waals surface area contributed by atoms with E-state index in [0.717, 1.165) is 78.2 Å². The third kappa shape index (κ3) is 13.8. The van der Waals surface area contributed by atoms with E-state index in [1.165, 1.54) is 55.7 Å². The van der Waals surface area contributed by atoms with Crippen LogP contribution in [0.1, 0.15) is 146 Å². The highest BCUT2D eigenvalue weighted by molar-refractivity contribution is 7.22. The van der Waals surface area contributed by atoms with Crippen molar-refractivity contribution >= 4 is 50.8 Å². The van der Waals surface area contributed by atoms with Gasteiger partial charge in [0.15, 0.2) is 0 Å². The molecule has 0 unspecified atom stereocenters. The molecule has 1 aromatic heterocycles. The molecule has 0 atom stereocenters. The Morgan fingerprint density at radius 3 is 2.23 bits per heavy atom. The lowest BCUT2D eigenvalue weighted by molar-refractivity contribution is -0.145. The number of esters is 3. The molecular weight excluding hydrogens is 783 g/mol. The monoisotopic (exact) mass is 847 g/mol. The number of rotatable bonds is 22. The summed E-state index contributed by atoms with van der Waals surface area (Å²) in [6, 6.07) is 22.2. The fraction of sp³-hybridized carbons (Fsp3) is 0.510. The van der Waals surface area contributed by atoms with Gasteiger partial charge in [0.05, 0.1) is 34.9 Å². The molecule has 6 rings (SSSR count). The predicted molar refractivity (Wildman–Crippen MR) is 247 cm³/mol. The first-order chi connectivity index (χ1) is 29.8. The van der Waals surface area contributed by atoms with Crippen molar-refractivity contribution in [2.24, 2.45) is 22.9 Å². The number of hydrogen-bond acceptors (Lipinski definition) is 10. The minimum absolute atomic E-state index is 0.227. The lowest BCUT2D eigenvalue weighted by Gasteiger charge is -2.29. The van der Waals surface area contributed by atoms with Crippen molar-refractivity contribution in [2.45, 2.75) is 135 Å². The van der Waals surface area contributed by atoms with E-state index >= 15 is 0 Å². The lowest BCUT2D eigenvalue weighted by atomic mass is 9.77. The first-order valence-electron chi connectivity index (χ1n) is 23.0. The number of hydrogen-bond donors (Lipinski definition) is 0. The van der Waals surface area contributed by atoms with E-state index in [4.69, 9.17) is 24.3 Å². The number of thiazole rings is 1. The number of anilines is 1. The molecule has 0 bridgehead atoms. The van der Waals surface area contributed by atoms with Crippen molar-refractivity contribution in [3.8, 4) is 11.5 Å². The van der Waals surface area contributed by atoms with Crippen LogP contribution in [0.4, 0.5) is 5.13 Å². The maximum Gasteiger partial charge on any atom is 0.330 e. The van der Waals surface area contributed by atoms with Gasteiger partial charge in [-0.15, -0.1) is 0 Å². The number of para-hydroxylation sites is 1. The Morgan fingerprint density at radius 2 is 1.52 bits per heavy atom. The van der Waals surface area contributed by atoms with Gasteiger partial charge >= 0.3 is 17.9 Å². The second-order valence-electron chi connectivity index (χ2n) is 16.9. The molecular formula is C51H65N3O6S. The van der Waals surface area contributed by atoms with E-state index < -0.39 is 5.97 Å². The average Bonchev–Trinajstić information content (AvgIpc) is 3.73. The molecule has 326 valence electrons. The van der Waals surface area contributed by atoms with Gasteiger partial charge < -0.3 is 14.2 Å². The normalized spacial score (nSPS) is 19.1. The van der Waals surface area contributed by atoms with Crippen LogP contribution >= 0.6 is 11.3 Å². The minimum atomic E-state index is -0.394. The maximum atomic E-state index is 13.8. The van der Waals surface area contributed by atoms with Gasteiger partial charge in [-0.05, 0) is 143 Å². The fourth-order valence-electron chi connectivity index (χ4n) is 8.72.